The summed E-state index contributed by atoms with van der Waals surface area (Å²) in [6, 6.07) is 12.6. The number of rotatable bonds is 1. The minimum absolute atomic E-state index is 1.25. The maximum Gasteiger partial charge on any atom is 0.213 e. The standard InChI is InChI=1S/C13H14N/c1-11-6-7-13(12(2)10-11)14-8-4-3-5-9-14/h3-10H,1-2H3/q+1. The summed E-state index contributed by atoms with van der Waals surface area (Å²) in [5.41, 5.74) is 3.86. The van der Waals surface area contributed by atoms with E-state index in [1.54, 1.807) is 0 Å². The Morgan fingerprint density at radius 1 is 0.929 bits per heavy atom. The third-order valence-corrected chi connectivity index (χ3v) is 2.35. The predicted octanol–water partition coefficient (Wildman–Crippen LogP) is 2.58. The zero-order valence-corrected chi connectivity index (χ0v) is 8.57. The van der Waals surface area contributed by atoms with E-state index in [4.69, 9.17) is 0 Å². The number of nitrogens with zero attached hydrogens (tertiary/aromatic N) is 1. The van der Waals surface area contributed by atoms with Crippen LogP contribution in [0.1, 0.15) is 11.1 Å². The van der Waals surface area contributed by atoms with Crippen molar-refractivity contribution in [3.8, 4) is 5.69 Å². The lowest BCUT2D eigenvalue weighted by molar-refractivity contribution is -0.596. The third-order valence-electron chi connectivity index (χ3n) is 2.35. The molecule has 0 N–H and O–H groups in total. The van der Waals surface area contributed by atoms with Crippen LogP contribution >= 0.6 is 0 Å². The van der Waals surface area contributed by atoms with Crippen molar-refractivity contribution >= 4 is 0 Å². The Hall–Kier alpha value is -1.63. The fourth-order valence-corrected chi connectivity index (χ4v) is 1.65. The Bertz CT molecular complexity index is 432. The van der Waals surface area contributed by atoms with Gasteiger partial charge in [-0.2, -0.15) is 4.57 Å². The van der Waals surface area contributed by atoms with E-state index in [9.17, 15) is 0 Å². The number of aryl methyl sites for hydroxylation is 2. The van der Waals surface area contributed by atoms with Gasteiger partial charge in [-0.05, 0) is 19.9 Å². The highest BCUT2D eigenvalue weighted by Gasteiger charge is 2.07. The van der Waals surface area contributed by atoms with E-state index in [-0.39, 0.29) is 0 Å². The van der Waals surface area contributed by atoms with Gasteiger partial charge in [-0.15, -0.1) is 0 Å². The van der Waals surface area contributed by atoms with Crippen molar-refractivity contribution in [1.82, 2.24) is 0 Å². The Balaban J connectivity index is 2.53. The lowest BCUT2D eigenvalue weighted by atomic mass is 10.1. The van der Waals surface area contributed by atoms with Crippen LogP contribution < -0.4 is 4.57 Å². The van der Waals surface area contributed by atoms with Gasteiger partial charge >= 0.3 is 0 Å². The van der Waals surface area contributed by atoms with Crippen LogP contribution in [0.2, 0.25) is 0 Å². The van der Waals surface area contributed by atoms with Crippen LogP contribution in [0, 0.1) is 13.8 Å². The summed E-state index contributed by atoms with van der Waals surface area (Å²) >= 11 is 0. The van der Waals surface area contributed by atoms with Gasteiger partial charge in [-0.25, -0.2) is 0 Å². The average Bonchev–Trinajstić information content (AvgIpc) is 2.19. The minimum atomic E-state index is 1.25. The molecule has 0 unspecified atom stereocenters. The van der Waals surface area contributed by atoms with Crippen molar-refractivity contribution in [3.05, 3.63) is 59.9 Å². The van der Waals surface area contributed by atoms with E-state index in [1.165, 1.54) is 16.8 Å². The van der Waals surface area contributed by atoms with Crippen molar-refractivity contribution < 1.29 is 4.57 Å². The molecule has 1 heterocycles. The normalized spacial score (nSPS) is 10.1. The van der Waals surface area contributed by atoms with E-state index in [2.05, 4.69) is 49.0 Å². The molecule has 0 fully saturated rings. The summed E-state index contributed by atoms with van der Waals surface area (Å²) in [5.74, 6) is 0. The van der Waals surface area contributed by atoms with Crippen LogP contribution in [0.5, 0.6) is 0 Å². The Morgan fingerprint density at radius 3 is 2.29 bits per heavy atom. The first kappa shape index (κ1) is 8.95. The zero-order chi connectivity index (χ0) is 9.97. The summed E-state index contributed by atoms with van der Waals surface area (Å²) in [5, 5.41) is 0. The van der Waals surface area contributed by atoms with E-state index < -0.39 is 0 Å². The van der Waals surface area contributed by atoms with Crippen molar-refractivity contribution in [1.29, 1.82) is 0 Å². The SMILES string of the molecule is Cc1ccc(-[n+]2ccccc2)c(C)c1. The second kappa shape index (κ2) is 3.62. The monoisotopic (exact) mass is 184 g/mol. The van der Waals surface area contributed by atoms with Crippen molar-refractivity contribution in [2.45, 2.75) is 13.8 Å². The zero-order valence-electron chi connectivity index (χ0n) is 8.57. The smallest absolute Gasteiger partial charge is 0.167 e. The van der Waals surface area contributed by atoms with Gasteiger partial charge in [0.1, 0.15) is 0 Å². The van der Waals surface area contributed by atoms with Crippen LogP contribution in [-0.4, -0.2) is 0 Å². The van der Waals surface area contributed by atoms with Crippen molar-refractivity contribution in [2.75, 3.05) is 0 Å². The maximum absolute atomic E-state index is 2.20. The van der Waals surface area contributed by atoms with E-state index in [0.717, 1.165) is 0 Å². The Morgan fingerprint density at radius 2 is 1.64 bits per heavy atom. The molecule has 1 heteroatoms. The molecule has 0 aliphatic rings. The molecule has 0 atom stereocenters. The van der Waals surface area contributed by atoms with Crippen LogP contribution in [0.4, 0.5) is 0 Å². The van der Waals surface area contributed by atoms with Crippen LogP contribution in [0.15, 0.2) is 48.8 Å². The molecule has 1 aromatic heterocycles. The molecule has 2 aromatic rings. The van der Waals surface area contributed by atoms with Gasteiger partial charge in [0.05, 0.1) is 0 Å². The van der Waals surface area contributed by atoms with Crippen LogP contribution in [-0.2, 0) is 0 Å². The molecule has 70 valence electrons. The number of pyridine rings is 1. The molecule has 14 heavy (non-hydrogen) atoms. The van der Waals surface area contributed by atoms with E-state index >= 15 is 0 Å². The molecular formula is C13H14N+. The highest BCUT2D eigenvalue weighted by molar-refractivity contribution is 5.35. The highest BCUT2D eigenvalue weighted by atomic mass is 14.9. The third kappa shape index (κ3) is 1.67. The van der Waals surface area contributed by atoms with Gasteiger partial charge < -0.3 is 0 Å². The predicted molar refractivity (Wildman–Crippen MR) is 57.4 cm³/mol. The van der Waals surface area contributed by atoms with Gasteiger partial charge in [0.25, 0.3) is 0 Å². The lowest BCUT2D eigenvalue weighted by Crippen LogP contribution is -2.29. The molecule has 0 saturated heterocycles. The molecule has 1 nitrogen and oxygen atoms in total. The fourth-order valence-electron chi connectivity index (χ4n) is 1.65. The molecule has 0 bridgehead atoms. The fraction of sp³-hybridized carbons (Fsp3) is 0.154. The summed E-state index contributed by atoms with van der Waals surface area (Å²) in [7, 11) is 0. The number of benzene rings is 1. The van der Waals surface area contributed by atoms with E-state index in [1.807, 2.05) is 18.2 Å². The first-order valence-corrected chi connectivity index (χ1v) is 4.81. The first-order valence-electron chi connectivity index (χ1n) is 4.81. The minimum Gasteiger partial charge on any atom is -0.167 e. The number of aromatic nitrogens is 1. The van der Waals surface area contributed by atoms with Crippen molar-refractivity contribution in [3.63, 3.8) is 0 Å². The van der Waals surface area contributed by atoms with Crippen molar-refractivity contribution in [2.24, 2.45) is 0 Å². The van der Waals surface area contributed by atoms with Gasteiger partial charge in [-0.3, -0.25) is 0 Å². The van der Waals surface area contributed by atoms with Gasteiger partial charge in [0.15, 0.2) is 12.4 Å². The molecule has 2 rings (SSSR count). The second-order valence-corrected chi connectivity index (χ2v) is 3.57. The molecule has 0 aliphatic heterocycles. The molecule has 0 radical (unpaired) electrons. The molecule has 1 aromatic carbocycles. The number of hydrogen-bond donors (Lipinski definition) is 0. The molecule has 0 spiro atoms. The van der Waals surface area contributed by atoms with E-state index in [0.29, 0.717) is 0 Å². The van der Waals surface area contributed by atoms with Crippen LogP contribution in [0.3, 0.4) is 0 Å². The molecule has 0 saturated carbocycles. The summed E-state index contributed by atoms with van der Waals surface area (Å²) in [4.78, 5) is 0. The molecule has 0 amide bonds. The Labute approximate surface area is 84.6 Å². The average molecular weight is 184 g/mol. The highest BCUT2D eigenvalue weighted by Crippen LogP contribution is 2.09. The van der Waals surface area contributed by atoms with Gasteiger partial charge in [0, 0.05) is 23.8 Å². The maximum atomic E-state index is 2.20. The quantitative estimate of drug-likeness (QED) is 0.600. The number of hydrogen-bond acceptors (Lipinski definition) is 0. The second-order valence-electron chi connectivity index (χ2n) is 3.57. The largest absolute Gasteiger partial charge is 0.213 e. The summed E-state index contributed by atoms with van der Waals surface area (Å²) in [6.07, 6.45) is 4.13. The molecule has 0 aliphatic carbocycles. The first-order chi connectivity index (χ1) is 6.77. The lowest BCUT2D eigenvalue weighted by Gasteiger charge is -2.00. The topological polar surface area (TPSA) is 3.88 Å². The van der Waals surface area contributed by atoms with Crippen LogP contribution in [0.25, 0.3) is 5.69 Å². The summed E-state index contributed by atoms with van der Waals surface area (Å²) < 4.78 is 2.13. The van der Waals surface area contributed by atoms with Gasteiger partial charge in [-0.1, -0.05) is 17.7 Å². The van der Waals surface area contributed by atoms with Gasteiger partial charge in [0.2, 0.25) is 5.69 Å². The Kier molecular flexibility index (Phi) is 2.32. The molecular weight excluding hydrogens is 170 g/mol. The summed E-state index contributed by atoms with van der Waals surface area (Å²) in [6.45, 7) is 4.26.